The van der Waals surface area contributed by atoms with Crippen molar-refractivity contribution in [2.24, 2.45) is 5.73 Å². The fourth-order valence-corrected chi connectivity index (χ4v) is 3.71. The molecule has 0 amide bonds. The molecule has 1 aliphatic carbocycles. The average Bonchev–Trinajstić information content (AvgIpc) is 2.55. The molecule has 1 heterocycles. The molecule has 4 nitrogen and oxygen atoms in total. The summed E-state index contributed by atoms with van der Waals surface area (Å²) in [4.78, 5) is 0. The predicted molar refractivity (Wildman–Crippen MR) is 88.1 cm³/mol. The number of piperidine rings is 1. The van der Waals surface area contributed by atoms with Gasteiger partial charge < -0.3 is 20.9 Å². The van der Waals surface area contributed by atoms with Crippen LogP contribution in [0.4, 0.5) is 0 Å². The third-order valence-corrected chi connectivity index (χ3v) is 5.19. The summed E-state index contributed by atoms with van der Waals surface area (Å²) in [5.41, 5.74) is 7.48. The van der Waals surface area contributed by atoms with Crippen molar-refractivity contribution < 1.29 is 9.84 Å². The van der Waals surface area contributed by atoms with Crippen LogP contribution < -0.4 is 11.1 Å². The van der Waals surface area contributed by atoms with E-state index in [4.69, 9.17) is 10.5 Å². The Balaban J connectivity index is 1.42. The minimum absolute atomic E-state index is 0.238. The summed E-state index contributed by atoms with van der Waals surface area (Å²) < 4.78 is 6.11. The van der Waals surface area contributed by atoms with Gasteiger partial charge in [-0.25, -0.2) is 0 Å². The zero-order valence-corrected chi connectivity index (χ0v) is 13.2. The first-order valence-electron chi connectivity index (χ1n) is 8.62. The molecule has 2 atom stereocenters. The van der Waals surface area contributed by atoms with E-state index in [1.165, 1.54) is 24.8 Å². The molecule has 22 heavy (non-hydrogen) atoms. The highest BCUT2D eigenvalue weighted by atomic mass is 16.5. The third kappa shape index (κ3) is 4.00. The molecule has 4 N–H and O–H groups in total. The van der Waals surface area contributed by atoms with Crippen LogP contribution in [-0.2, 0) is 4.74 Å². The lowest BCUT2D eigenvalue weighted by Gasteiger charge is -2.33. The Labute approximate surface area is 133 Å². The summed E-state index contributed by atoms with van der Waals surface area (Å²) in [6.45, 7) is 1.81. The molecule has 2 aliphatic rings. The van der Waals surface area contributed by atoms with E-state index in [9.17, 15) is 5.11 Å². The maximum Gasteiger partial charge on any atom is 0.115 e. The van der Waals surface area contributed by atoms with Crippen molar-refractivity contribution in [1.29, 1.82) is 0 Å². The zero-order chi connectivity index (χ0) is 15.4. The Morgan fingerprint density at radius 2 is 1.82 bits per heavy atom. The van der Waals surface area contributed by atoms with Crippen LogP contribution in [-0.4, -0.2) is 36.4 Å². The van der Waals surface area contributed by atoms with Gasteiger partial charge in [0.2, 0.25) is 0 Å². The van der Waals surface area contributed by atoms with Gasteiger partial charge in [0.05, 0.1) is 12.7 Å². The van der Waals surface area contributed by atoms with Gasteiger partial charge in [0.1, 0.15) is 5.75 Å². The van der Waals surface area contributed by atoms with E-state index in [2.05, 4.69) is 5.32 Å². The van der Waals surface area contributed by atoms with Gasteiger partial charge in [0, 0.05) is 12.1 Å². The van der Waals surface area contributed by atoms with Crippen molar-refractivity contribution in [3.63, 3.8) is 0 Å². The van der Waals surface area contributed by atoms with E-state index < -0.39 is 0 Å². The van der Waals surface area contributed by atoms with Gasteiger partial charge in [-0.15, -0.1) is 0 Å². The van der Waals surface area contributed by atoms with E-state index in [0.717, 1.165) is 32.4 Å². The Hall–Kier alpha value is -1.10. The summed E-state index contributed by atoms with van der Waals surface area (Å²) in [5.74, 6) is 0.951. The second-order valence-corrected chi connectivity index (χ2v) is 6.77. The van der Waals surface area contributed by atoms with Crippen LogP contribution in [0, 0.1) is 0 Å². The SMILES string of the molecule is N[C@H]1CCCN[C@H]1CO[C@H]1CC[C@@H](c2ccc(O)cc2)CC1. The lowest BCUT2D eigenvalue weighted by molar-refractivity contribution is 0.00619. The van der Waals surface area contributed by atoms with Gasteiger partial charge in [-0.2, -0.15) is 0 Å². The molecule has 4 heteroatoms. The number of nitrogens with two attached hydrogens (primary N) is 1. The monoisotopic (exact) mass is 304 g/mol. The second-order valence-electron chi connectivity index (χ2n) is 6.77. The normalized spacial score (nSPS) is 32.8. The molecule has 0 spiro atoms. The number of phenolic OH excluding ortho intramolecular Hbond substituents is 1. The van der Waals surface area contributed by atoms with Crippen LogP contribution in [0.2, 0.25) is 0 Å². The van der Waals surface area contributed by atoms with E-state index in [0.29, 0.717) is 23.8 Å². The molecule has 1 saturated heterocycles. The summed E-state index contributed by atoms with van der Waals surface area (Å²) in [7, 11) is 0. The summed E-state index contributed by atoms with van der Waals surface area (Å²) in [5, 5.41) is 12.9. The van der Waals surface area contributed by atoms with Crippen LogP contribution >= 0.6 is 0 Å². The van der Waals surface area contributed by atoms with Crippen LogP contribution in [0.25, 0.3) is 0 Å². The fourth-order valence-electron chi connectivity index (χ4n) is 3.71. The van der Waals surface area contributed by atoms with Crippen LogP contribution in [0.5, 0.6) is 5.75 Å². The molecule has 0 unspecified atom stereocenters. The van der Waals surface area contributed by atoms with Crippen LogP contribution in [0.15, 0.2) is 24.3 Å². The average molecular weight is 304 g/mol. The Bertz CT molecular complexity index is 455. The first-order valence-corrected chi connectivity index (χ1v) is 8.62. The van der Waals surface area contributed by atoms with E-state index in [1.54, 1.807) is 12.1 Å². The van der Waals surface area contributed by atoms with E-state index in [-0.39, 0.29) is 6.04 Å². The van der Waals surface area contributed by atoms with Gasteiger partial charge >= 0.3 is 0 Å². The first kappa shape index (κ1) is 15.8. The summed E-state index contributed by atoms with van der Waals surface area (Å²) in [6.07, 6.45) is 7.23. The number of ether oxygens (including phenoxy) is 1. The maximum absolute atomic E-state index is 9.38. The molecule has 0 aromatic heterocycles. The molecule has 0 bridgehead atoms. The minimum atomic E-state index is 0.238. The second kappa shape index (κ2) is 7.44. The standard InChI is InChI=1S/C18H28N2O2/c19-17-2-1-11-20-18(17)12-22-16-9-5-14(6-10-16)13-3-7-15(21)8-4-13/h3-4,7-8,14,16-18,20-21H,1-2,5-6,9-12,19H2/t14-,16+,17-,18-/m0/s1. The van der Waals surface area contributed by atoms with Crippen LogP contribution in [0.3, 0.4) is 0 Å². The first-order chi connectivity index (χ1) is 10.7. The highest BCUT2D eigenvalue weighted by Gasteiger charge is 2.26. The maximum atomic E-state index is 9.38. The Morgan fingerprint density at radius 3 is 2.50 bits per heavy atom. The largest absolute Gasteiger partial charge is 0.508 e. The van der Waals surface area contributed by atoms with Crippen molar-refractivity contribution >= 4 is 0 Å². The molecule has 1 aliphatic heterocycles. The fraction of sp³-hybridized carbons (Fsp3) is 0.667. The van der Waals surface area contributed by atoms with Crippen molar-refractivity contribution in [2.75, 3.05) is 13.2 Å². The zero-order valence-electron chi connectivity index (χ0n) is 13.2. The van der Waals surface area contributed by atoms with Crippen molar-refractivity contribution in [3.8, 4) is 5.75 Å². The Kier molecular flexibility index (Phi) is 5.34. The lowest BCUT2D eigenvalue weighted by atomic mass is 9.82. The third-order valence-electron chi connectivity index (χ3n) is 5.19. The van der Waals surface area contributed by atoms with Crippen molar-refractivity contribution in [2.45, 2.75) is 62.6 Å². The number of nitrogens with one attached hydrogen (secondary N) is 1. The van der Waals surface area contributed by atoms with Crippen LogP contribution in [0.1, 0.15) is 50.0 Å². The molecular formula is C18H28N2O2. The molecule has 1 aromatic carbocycles. The molecule has 2 fully saturated rings. The number of benzene rings is 1. The molecule has 3 rings (SSSR count). The summed E-state index contributed by atoms with van der Waals surface area (Å²) >= 11 is 0. The topological polar surface area (TPSA) is 67.5 Å². The quantitative estimate of drug-likeness (QED) is 0.799. The molecule has 0 radical (unpaired) electrons. The number of hydrogen-bond donors (Lipinski definition) is 3. The lowest BCUT2D eigenvalue weighted by Crippen LogP contribution is -2.52. The van der Waals surface area contributed by atoms with Gasteiger partial charge in [-0.05, 0) is 68.7 Å². The number of hydrogen-bond acceptors (Lipinski definition) is 4. The van der Waals surface area contributed by atoms with Gasteiger partial charge in [-0.3, -0.25) is 0 Å². The summed E-state index contributed by atoms with van der Waals surface area (Å²) in [6, 6.07) is 8.23. The van der Waals surface area contributed by atoms with Gasteiger partial charge in [0.15, 0.2) is 0 Å². The number of rotatable bonds is 4. The number of phenols is 1. The highest BCUT2D eigenvalue weighted by Crippen LogP contribution is 2.34. The Morgan fingerprint density at radius 1 is 1.09 bits per heavy atom. The number of aromatic hydroxyl groups is 1. The predicted octanol–water partition coefficient (Wildman–Crippen LogP) is 2.51. The molecule has 1 saturated carbocycles. The van der Waals surface area contributed by atoms with Gasteiger partial charge in [0.25, 0.3) is 0 Å². The van der Waals surface area contributed by atoms with E-state index >= 15 is 0 Å². The minimum Gasteiger partial charge on any atom is -0.508 e. The van der Waals surface area contributed by atoms with E-state index in [1.807, 2.05) is 12.1 Å². The van der Waals surface area contributed by atoms with Gasteiger partial charge in [-0.1, -0.05) is 12.1 Å². The molecular weight excluding hydrogens is 276 g/mol. The van der Waals surface area contributed by atoms with Crippen molar-refractivity contribution in [1.82, 2.24) is 5.32 Å². The smallest absolute Gasteiger partial charge is 0.115 e. The molecule has 122 valence electrons. The van der Waals surface area contributed by atoms with Crippen molar-refractivity contribution in [3.05, 3.63) is 29.8 Å². The molecule has 1 aromatic rings. The highest BCUT2D eigenvalue weighted by molar-refractivity contribution is 5.28.